The van der Waals surface area contributed by atoms with E-state index in [4.69, 9.17) is 9.15 Å². The van der Waals surface area contributed by atoms with Crippen molar-refractivity contribution < 1.29 is 23.5 Å². The van der Waals surface area contributed by atoms with Gasteiger partial charge in [-0.1, -0.05) is 60.6 Å². The third kappa shape index (κ3) is 6.83. The van der Waals surface area contributed by atoms with Crippen LogP contribution in [0.4, 0.5) is 0 Å². The Morgan fingerprint density at radius 3 is 2.32 bits per heavy atom. The summed E-state index contributed by atoms with van der Waals surface area (Å²) in [5.41, 5.74) is 4.13. The fraction of sp³-hybridized carbons (Fsp3) is 0.261. The molecule has 5 nitrogen and oxygen atoms in total. The average molecular weight is 382 g/mol. The summed E-state index contributed by atoms with van der Waals surface area (Å²) in [6.07, 6.45) is 16.2. The molecule has 1 aliphatic heterocycles. The minimum absolute atomic E-state index is 0. The smallest absolute Gasteiger partial charge is 0.384 e. The first-order chi connectivity index (χ1) is 12.9. The molecule has 0 spiro atoms. The van der Waals surface area contributed by atoms with Gasteiger partial charge in [0.1, 0.15) is 0 Å². The lowest BCUT2D eigenvalue weighted by molar-refractivity contribution is -0.148. The van der Waals surface area contributed by atoms with Crippen LogP contribution in [0.25, 0.3) is 0 Å². The molecule has 1 fully saturated rings. The van der Waals surface area contributed by atoms with E-state index in [-0.39, 0.29) is 7.43 Å². The van der Waals surface area contributed by atoms with E-state index in [1.165, 1.54) is 11.6 Å². The number of rotatable bonds is 7. The van der Waals surface area contributed by atoms with Gasteiger partial charge < -0.3 is 9.15 Å². The maximum atomic E-state index is 11.5. The standard InChI is InChI=1S/C22H22O5.CH4/c1-15(6-4-8-16(2)12-18-10-11-26-14-18)7-5-9-17(3)13-19-20(23)21(24)22(25)27-19;/h4-11,13-14,19H,12H2,1-3H3;1H4. The molecule has 0 aliphatic carbocycles. The van der Waals surface area contributed by atoms with Gasteiger partial charge in [-0.25, -0.2) is 4.79 Å². The molecule has 0 radical (unpaired) electrons. The Kier molecular flexibility index (Phi) is 8.82. The summed E-state index contributed by atoms with van der Waals surface area (Å²) in [5, 5.41) is 0. The van der Waals surface area contributed by atoms with Crippen LogP contribution in [0, 0.1) is 0 Å². The number of furan rings is 1. The lowest BCUT2D eigenvalue weighted by Crippen LogP contribution is -2.18. The van der Waals surface area contributed by atoms with Gasteiger partial charge >= 0.3 is 11.8 Å². The van der Waals surface area contributed by atoms with E-state index in [9.17, 15) is 14.4 Å². The largest absolute Gasteiger partial charge is 0.472 e. The van der Waals surface area contributed by atoms with Crippen molar-refractivity contribution in [3.05, 3.63) is 83.4 Å². The van der Waals surface area contributed by atoms with Gasteiger partial charge in [0, 0.05) is 0 Å². The number of hydrogen-bond acceptors (Lipinski definition) is 5. The van der Waals surface area contributed by atoms with Gasteiger partial charge in [0.15, 0.2) is 6.10 Å². The lowest BCUT2D eigenvalue weighted by Gasteiger charge is -2.00. The SMILES string of the molecule is C.CC(C=CC=C(C)Cc1ccoc1)=CC=CC(C)=CC1OC(=O)C(=O)C1=O. The van der Waals surface area contributed by atoms with Crippen LogP contribution in [0.3, 0.4) is 0 Å². The summed E-state index contributed by atoms with van der Waals surface area (Å²) in [5.74, 6) is -3.00. The van der Waals surface area contributed by atoms with Crippen molar-refractivity contribution in [1.29, 1.82) is 0 Å². The maximum Gasteiger partial charge on any atom is 0.384 e. The van der Waals surface area contributed by atoms with Crippen LogP contribution in [0.15, 0.2) is 82.3 Å². The van der Waals surface area contributed by atoms with Crippen LogP contribution in [-0.2, 0) is 25.5 Å². The summed E-state index contributed by atoms with van der Waals surface area (Å²) < 4.78 is 9.76. The van der Waals surface area contributed by atoms with E-state index in [0.29, 0.717) is 0 Å². The number of ketones is 2. The van der Waals surface area contributed by atoms with Gasteiger partial charge in [-0.2, -0.15) is 0 Å². The quantitative estimate of drug-likeness (QED) is 0.395. The molecule has 2 heterocycles. The molecule has 1 aromatic heterocycles. The van der Waals surface area contributed by atoms with Crippen molar-refractivity contribution in [1.82, 2.24) is 0 Å². The Bertz CT molecular complexity index is 861. The molecular formula is C23H26O5. The normalized spacial score (nSPS) is 18.9. The molecule has 0 saturated carbocycles. The molecular weight excluding hydrogens is 356 g/mol. The van der Waals surface area contributed by atoms with Crippen molar-refractivity contribution in [2.45, 2.75) is 40.7 Å². The van der Waals surface area contributed by atoms with E-state index in [1.54, 1.807) is 25.5 Å². The Balaban J connectivity index is 0.00000392. The molecule has 1 atom stereocenters. The molecule has 2 rings (SSSR count). The number of hydrogen-bond donors (Lipinski definition) is 0. The number of Topliss-reactive ketones (excluding diaryl/α,β-unsaturated/α-hetero) is 2. The Morgan fingerprint density at radius 1 is 1.04 bits per heavy atom. The van der Waals surface area contributed by atoms with Crippen molar-refractivity contribution in [3.63, 3.8) is 0 Å². The fourth-order valence-corrected chi connectivity index (χ4v) is 2.40. The van der Waals surface area contributed by atoms with Crippen LogP contribution in [0.2, 0.25) is 0 Å². The predicted octanol–water partition coefficient (Wildman–Crippen LogP) is 4.47. The van der Waals surface area contributed by atoms with Gasteiger partial charge in [-0.05, 0) is 44.9 Å². The number of carbonyl (C=O) groups is 3. The zero-order valence-corrected chi connectivity index (χ0v) is 15.6. The molecule has 0 N–H and O–H groups in total. The molecule has 1 aliphatic rings. The topological polar surface area (TPSA) is 73.6 Å². The minimum atomic E-state index is -1.11. The summed E-state index contributed by atoms with van der Waals surface area (Å²) in [6.45, 7) is 5.80. The zero-order valence-electron chi connectivity index (χ0n) is 15.6. The summed E-state index contributed by atoms with van der Waals surface area (Å²) in [7, 11) is 0. The number of allylic oxidation sites excluding steroid dienone is 9. The predicted molar refractivity (Wildman–Crippen MR) is 109 cm³/mol. The van der Waals surface area contributed by atoms with E-state index in [1.807, 2.05) is 37.3 Å². The van der Waals surface area contributed by atoms with Crippen molar-refractivity contribution >= 4 is 17.5 Å². The van der Waals surface area contributed by atoms with Crippen molar-refractivity contribution in [2.24, 2.45) is 0 Å². The number of cyclic esters (lactones) is 1. The molecule has 148 valence electrons. The molecule has 28 heavy (non-hydrogen) atoms. The van der Waals surface area contributed by atoms with Crippen LogP contribution in [0.5, 0.6) is 0 Å². The van der Waals surface area contributed by atoms with Gasteiger partial charge in [-0.3, -0.25) is 9.59 Å². The number of ether oxygens (including phenoxy) is 1. The van der Waals surface area contributed by atoms with E-state index < -0.39 is 23.6 Å². The highest BCUT2D eigenvalue weighted by molar-refractivity contribution is 6.65. The Morgan fingerprint density at radius 2 is 1.71 bits per heavy atom. The van der Waals surface area contributed by atoms with Crippen LogP contribution in [0.1, 0.15) is 33.8 Å². The first kappa shape index (κ1) is 22.8. The molecule has 5 heteroatoms. The van der Waals surface area contributed by atoms with Crippen LogP contribution < -0.4 is 0 Å². The minimum Gasteiger partial charge on any atom is -0.472 e. The van der Waals surface area contributed by atoms with Crippen molar-refractivity contribution in [2.75, 3.05) is 0 Å². The average Bonchev–Trinajstić information content (AvgIpc) is 3.19. The maximum absolute atomic E-state index is 11.5. The summed E-state index contributed by atoms with van der Waals surface area (Å²) in [4.78, 5) is 33.7. The second-order valence-corrected chi connectivity index (χ2v) is 6.38. The zero-order chi connectivity index (χ0) is 19.8. The molecule has 0 aromatic carbocycles. The lowest BCUT2D eigenvalue weighted by atomic mass is 10.1. The number of carbonyl (C=O) groups excluding carboxylic acids is 3. The van der Waals surface area contributed by atoms with Gasteiger partial charge in [0.05, 0.1) is 12.5 Å². The molecule has 0 amide bonds. The van der Waals surface area contributed by atoms with Crippen LogP contribution in [-0.4, -0.2) is 23.6 Å². The van der Waals surface area contributed by atoms with Gasteiger partial charge in [-0.15, -0.1) is 0 Å². The van der Waals surface area contributed by atoms with Crippen LogP contribution >= 0.6 is 0 Å². The molecule has 1 saturated heterocycles. The third-order valence-corrected chi connectivity index (χ3v) is 3.84. The van der Waals surface area contributed by atoms with E-state index in [2.05, 4.69) is 13.0 Å². The third-order valence-electron chi connectivity index (χ3n) is 3.84. The highest BCUT2D eigenvalue weighted by Gasteiger charge is 2.40. The van der Waals surface area contributed by atoms with E-state index in [0.717, 1.165) is 23.1 Å². The fourth-order valence-electron chi connectivity index (χ4n) is 2.40. The highest BCUT2D eigenvalue weighted by atomic mass is 16.6. The molecule has 1 aromatic rings. The summed E-state index contributed by atoms with van der Waals surface area (Å²) in [6, 6.07) is 1.95. The first-order valence-corrected chi connectivity index (χ1v) is 8.54. The molecule has 0 bridgehead atoms. The van der Waals surface area contributed by atoms with Crippen molar-refractivity contribution in [3.8, 4) is 0 Å². The second kappa shape index (κ2) is 10.8. The van der Waals surface area contributed by atoms with E-state index >= 15 is 0 Å². The van der Waals surface area contributed by atoms with Gasteiger partial charge in [0.25, 0.3) is 5.78 Å². The van der Waals surface area contributed by atoms with Gasteiger partial charge in [0.2, 0.25) is 0 Å². The highest BCUT2D eigenvalue weighted by Crippen LogP contribution is 2.12. The first-order valence-electron chi connectivity index (χ1n) is 8.54. The Labute approximate surface area is 165 Å². The second-order valence-electron chi connectivity index (χ2n) is 6.38. The number of esters is 1. The molecule has 1 unspecified atom stereocenters. The Hall–Kier alpha value is -3.21. The monoisotopic (exact) mass is 382 g/mol. The summed E-state index contributed by atoms with van der Waals surface area (Å²) >= 11 is 0.